The number of aliphatic hydroxyl groups excluding tert-OH is 1. The topological polar surface area (TPSA) is 75.8 Å². The van der Waals surface area contributed by atoms with Gasteiger partial charge in [-0.05, 0) is 30.9 Å². The average molecular weight is 264 g/mol. The number of ether oxygens (including phenoxy) is 1. The molecular weight excluding hydrogens is 244 g/mol. The first-order valence-corrected chi connectivity index (χ1v) is 6.39. The van der Waals surface area contributed by atoms with E-state index in [0.29, 0.717) is 29.5 Å². The van der Waals surface area contributed by atoms with Gasteiger partial charge in [0.15, 0.2) is 5.75 Å². The number of nitrogens with two attached hydrogens (primary N) is 1. The maximum atomic E-state index is 12.4. The maximum absolute atomic E-state index is 12.4. The molecule has 0 aromatic heterocycles. The number of carbonyl (C=O) groups excluding carboxylic acids is 1. The number of para-hydroxylation sites is 1. The van der Waals surface area contributed by atoms with Crippen LogP contribution in [0.4, 0.5) is 5.69 Å². The number of aliphatic hydroxyl groups is 1. The van der Waals surface area contributed by atoms with Crippen LogP contribution in [0.25, 0.3) is 0 Å². The molecule has 19 heavy (non-hydrogen) atoms. The summed E-state index contributed by atoms with van der Waals surface area (Å²) in [5.74, 6) is 0.703. The smallest absolute Gasteiger partial charge is 0.257 e. The molecule has 5 heteroatoms. The lowest BCUT2D eigenvalue weighted by Crippen LogP contribution is -2.39. The van der Waals surface area contributed by atoms with Gasteiger partial charge in [0.05, 0.1) is 24.5 Å². The predicted molar refractivity (Wildman–Crippen MR) is 73.1 cm³/mol. The van der Waals surface area contributed by atoms with E-state index in [0.717, 1.165) is 12.8 Å². The van der Waals surface area contributed by atoms with Crippen molar-refractivity contribution in [1.29, 1.82) is 0 Å². The first kappa shape index (κ1) is 13.7. The third-order valence-electron chi connectivity index (χ3n) is 3.57. The minimum atomic E-state index is -0.199. The molecule has 5 nitrogen and oxygen atoms in total. The van der Waals surface area contributed by atoms with Crippen molar-refractivity contribution in [2.75, 3.05) is 26.4 Å². The fraction of sp³-hybridized carbons (Fsp3) is 0.500. The fourth-order valence-electron chi connectivity index (χ4n) is 2.48. The molecule has 0 spiro atoms. The van der Waals surface area contributed by atoms with Gasteiger partial charge in [-0.1, -0.05) is 6.07 Å². The molecule has 0 radical (unpaired) electrons. The molecule has 1 aliphatic carbocycles. The van der Waals surface area contributed by atoms with Gasteiger partial charge < -0.3 is 20.5 Å². The third kappa shape index (κ3) is 2.81. The molecule has 0 heterocycles. The highest BCUT2D eigenvalue weighted by atomic mass is 16.5. The summed E-state index contributed by atoms with van der Waals surface area (Å²) >= 11 is 0. The highest BCUT2D eigenvalue weighted by molar-refractivity contribution is 5.98. The van der Waals surface area contributed by atoms with Crippen LogP contribution >= 0.6 is 0 Å². The molecule has 104 valence electrons. The van der Waals surface area contributed by atoms with Gasteiger partial charge in [-0.2, -0.15) is 0 Å². The number of rotatable bonds is 4. The summed E-state index contributed by atoms with van der Waals surface area (Å²) in [4.78, 5) is 14.0. The Balaban J connectivity index is 2.08. The van der Waals surface area contributed by atoms with E-state index >= 15 is 0 Å². The largest absolute Gasteiger partial charge is 0.494 e. The number of benzene rings is 1. The molecule has 0 saturated heterocycles. The predicted octanol–water partition coefficient (Wildman–Crippen LogP) is 1.12. The van der Waals surface area contributed by atoms with E-state index in [1.54, 1.807) is 30.1 Å². The van der Waals surface area contributed by atoms with Gasteiger partial charge in [-0.15, -0.1) is 0 Å². The average Bonchev–Trinajstić information content (AvgIpc) is 2.35. The Bertz CT molecular complexity index is 470. The van der Waals surface area contributed by atoms with Crippen LogP contribution in [0, 0.1) is 5.92 Å². The molecule has 1 saturated carbocycles. The van der Waals surface area contributed by atoms with Gasteiger partial charge in [0.1, 0.15) is 0 Å². The minimum Gasteiger partial charge on any atom is -0.494 e. The molecule has 1 aromatic carbocycles. The Hall–Kier alpha value is -1.75. The lowest BCUT2D eigenvalue weighted by molar-refractivity contribution is 0.0264. The zero-order chi connectivity index (χ0) is 14.0. The van der Waals surface area contributed by atoms with Crippen LogP contribution in [0.3, 0.4) is 0 Å². The quantitative estimate of drug-likeness (QED) is 0.799. The Labute approximate surface area is 113 Å². The van der Waals surface area contributed by atoms with Crippen LogP contribution in [-0.4, -0.2) is 42.7 Å². The zero-order valence-electron chi connectivity index (χ0n) is 11.3. The van der Waals surface area contributed by atoms with E-state index in [1.807, 2.05) is 0 Å². The van der Waals surface area contributed by atoms with Crippen molar-refractivity contribution in [2.45, 2.75) is 18.9 Å². The first-order valence-electron chi connectivity index (χ1n) is 6.39. The highest BCUT2D eigenvalue weighted by Crippen LogP contribution is 2.30. The van der Waals surface area contributed by atoms with Gasteiger partial charge in [0.2, 0.25) is 0 Å². The van der Waals surface area contributed by atoms with Crippen LogP contribution in [-0.2, 0) is 0 Å². The third-order valence-corrected chi connectivity index (χ3v) is 3.57. The molecule has 0 bridgehead atoms. The summed E-state index contributed by atoms with van der Waals surface area (Å²) in [6.07, 6.45) is 1.34. The van der Waals surface area contributed by atoms with Gasteiger partial charge in [-0.25, -0.2) is 0 Å². The van der Waals surface area contributed by atoms with Crippen LogP contribution in [0.2, 0.25) is 0 Å². The standard InChI is InChI=1S/C14H20N2O3/c1-16(8-9-6-10(17)7-9)14(18)11-4-3-5-12(15)13(11)19-2/h3-5,9-10,17H,6-8,15H2,1-2H3. The Morgan fingerprint density at radius 2 is 2.21 bits per heavy atom. The number of methoxy groups -OCH3 is 1. The van der Waals surface area contributed by atoms with Crippen LogP contribution in [0.5, 0.6) is 5.75 Å². The van der Waals surface area contributed by atoms with E-state index in [9.17, 15) is 9.90 Å². The van der Waals surface area contributed by atoms with E-state index in [-0.39, 0.29) is 12.0 Å². The molecule has 1 aromatic rings. The molecule has 0 atom stereocenters. The molecule has 1 aliphatic rings. The lowest BCUT2D eigenvalue weighted by Gasteiger charge is -2.34. The summed E-state index contributed by atoms with van der Waals surface area (Å²) in [7, 11) is 3.26. The van der Waals surface area contributed by atoms with Crippen molar-refractivity contribution >= 4 is 11.6 Å². The molecule has 0 aliphatic heterocycles. The molecular formula is C14H20N2O3. The summed E-state index contributed by atoms with van der Waals surface area (Å²) in [6, 6.07) is 5.16. The normalized spacial score (nSPS) is 21.6. The highest BCUT2D eigenvalue weighted by Gasteiger charge is 2.29. The second-order valence-electron chi connectivity index (χ2n) is 5.10. The van der Waals surface area contributed by atoms with E-state index in [2.05, 4.69) is 0 Å². The number of amides is 1. The van der Waals surface area contributed by atoms with E-state index in [4.69, 9.17) is 10.5 Å². The van der Waals surface area contributed by atoms with Gasteiger partial charge in [0.25, 0.3) is 5.91 Å². The van der Waals surface area contributed by atoms with Gasteiger partial charge >= 0.3 is 0 Å². The van der Waals surface area contributed by atoms with Crippen molar-refractivity contribution in [2.24, 2.45) is 5.92 Å². The molecule has 1 fully saturated rings. The number of nitrogens with zero attached hydrogens (tertiary/aromatic N) is 1. The van der Waals surface area contributed by atoms with Crippen molar-refractivity contribution in [3.8, 4) is 5.75 Å². The summed E-state index contributed by atoms with van der Waals surface area (Å²) in [5, 5.41) is 9.27. The SMILES string of the molecule is COc1c(N)cccc1C(=O)N(C)CC1CC(O)C1. The van der Waals surface area contributed by atoms with Crippen molar-refractivity contribution < 1.29 is 14.6 Å². The maximum Gasteiger partial charge on any atom is 0.257 e. The Morgan fingerprint density at radius 3 is 2.79 bits per heavy atom. The molecule has 0 unspecified atom stereocenters. The van der Waals surface area contributed by atoms with Crippen molar-refractivity contribution in [1.82, 2.24) is 4.90 Å². The van der Waals surface area contributed by atoms with Crippen LogP contribution < -0.4 is 10.5 Å². The van der Waals surface area contributed by atoms with Crippen molar-refractivity contribution in [3.05, 3.63) is 23.8 Å². The van der Waals surface area contributed by atoms with E-state index < -0.39 is 0 Å². The molecule has 3 N–H and O–H groups in total. The second kappa shape index (κ2) is 5.48. The summed E-state index contributed by atoms with van der Waals surface area (Å²) in [5.41, 5.74) is 6.73. The second-order valence-corrected chi connectivity index (χ2v) is 5.10. The Morgan fingerprint density at radius 1 is 1.53 bits per heavy atom. The lowest BCUT2D eigenvalue weighted by atomic mass is 9.82. The van der Waals surface area contributed by atoms with Crippen LogP contribution in [0.15, 0.2) is 18.2 Å². The summed E-state index contributed by atoms with van der Waals surface area (Å²) < 4.78 is 5.20. The van der Waals surface area contributed by atoms with Crippen LogP contribution in [0.1, 0.15) is 23.2 Å². The monoisotopic (exact) mass is 264 g/mol. The molecule has 1 amide bonds. The zero-order valence-corrected chi connectivity index (χ0v) is 11.3. The Kier molecular flexibility index (Phi) is 3.95. The first-order chi connectivity index (χ1) is 9.02. The summed E-state index contributed by atoms with van der Waals surface area (Å²) in [6.45, 7) is 0.647. The van der Waals surface area contributed by atoms with Gasteiger partial charge in [0, 0.05) is 13.6 Å². The minimum absolute atomic E-state index is 0.106. The van der Waals surface area contributed by atoms with Crippen molar-refractivity contribution in [3.63, 3.8) is 0 Å². The number of nitrogen functional groups attached to an aromatic ring is 1. The van der Waals surface area contributed by atoms with E-state index in [1.165, 1.54) is 7.11 Å². The number of anilines is 1. The van der Waals surface area contributed by atoms with Gasteiger partial charge in [-0.3, -0.25) is 4.79 Å². The molecule has 2 rings (SSSR count). The fourth-order valence-corrected chi connectivity index (χ4v) is 2.48. The number of hydrogen-bond donors (Lipinski definition) is 2. The number of carbonyl (C=O) groups is 1. The number of hydrogen-bond acceptors (Lipinski definition) is 4.